The van der Waals surface area contributed by atoms with Gasteiger partial charge in [0.15, 0.2) is 5.96 Å². The van der Waals surface area contributed by atoms with E-state index in [1.807, 2.05) is 13.2 Å². The van der Waals surface area contributed by atoms with Crippen LogP contribution < -0.4 is 10.6 Å². The molecule has 6 heteroatoms. The van der Waals surface area contributed by atoms with E-state index in [-0.39, 0.29) is 0 Å². The number of aliphatic imine (C=N–C) groups is 1. The lowest BCUT2D eigenvalue weighted by Crippen LogP contribution is -2.42. The van der Waals surface area contributed by atoms with E-state index in [1.54, 1.807) is 0 Å². The van der Waals surface area contributed by atoms with Gasteiger partial charge in [0.05, 0.1) is 6.54 Å². The molecule has 0 spiro atoms. The van der Waals surface area contributed by atoms with Crippen LogP contribution >= 0.6 is 11.8 Å². The van der Waals surface area contributed by atoms with Crippen molar-refractivity contribution in [1.82, 2.24) is 20.2 Å². The maximum Gasteiger partial charge on any atom is 0.191 e. The van der Waals surface area contributed by atoms with E-state index in [2.05, 4.69) is 63.9 Å². The van der Waals surface area contributed by atoms with E-state index in [9.17, 15) is 0 Å². The Morgan fingerprint density at radius 3 is 3.00 bits per heavy atom. The molecule has 1 aliphatic rings. The second-order valence-electron chi connectivity index (χ2n) is 6.55. The van der Waals surface area contributed by atoms with E-state index in [0.29, 0.717) is 18.5 Å². The van der Waals surface area contributed by atoms with Gasteiger partial charge in [0, 0.05) is 37.3 Å². The fraction of sp³-hybridized carbons (Fsp3) is 0.765. The molecule has 1 aliphatic carbocycles. The first-order valence-electron chi connectivity index (χ1n) is 8.71. The second kappa shape index (κ2) is 9.21. The molecule has 1 aromatic heterocycles. The van der Waals surface area contributed by atoms with Crippen LogP contribution in [0.15, 0.2) is 17.4 Å². The predicted molar refractivity (Wildman–Crippen MR) is 100.0 cm³/mol. The number of rotatable bonds is 7. The quantitative estimate of drug-likeness (QED) is 0.593. The molecule has 1 aromatic rings. The molecule has 0 saturated heterocycles. The van der Waals surface area contributed by atoms with Gasteiger partial charge in [0.1, 0.15) is 5.82 Å². The summed E-state index contributed by atoms with van der Waals surface area (Å²) in [5.41, 5.74) is 0. The highest BCUT2D eigenvalue weighted by atomic mass is 32.2. The fourth-order valence-corrected chi connectivity index (χ4v) is 4.22. The Balaban J connectivity index is 1.81. The molecule has 2 rings (SSSR count). The topological polar surface area (TPSA) is 54.2 Å². The Morgan fingerprint density at radius 2 is 2.30 bits per heavy atom. The lowest BCUT2D eigenvalue weighted by Gasteiger charge is -2.18. The number of hydrogen-bond acceptors (Lipinski definition) is 3. The van der Waals surface area contributed by atoms with Crippen molar-refractivity contribution in [3.8, 4) is 0 Å². The molecule has 0 radical (unpaired) electrons. The molecule has 1 heterocycles. The smallest absolute Gasteiger partial charge is 0.191 e. The highest BCUT2D eigenvalue weighted by Crippen LogP contribution is 2.29. The van der Waals surface area contributed by atoms with Crippen molar-refractivity contribution < 1.29 is 0 Å². The molecule has 2 unspecified atom stereocenters. The van der Waals surface area contributed by atoms with Crippen LogP contribution in [0.1, 0.15) is 45.9 Å². The standard InChI is InChI=1S/C17H31N5S/c1-5-23-15-7-6-14(10-15)21-17(18-4)20-11-16-19-8-9-22(16)12-13(2)3/h8-9,13-15H,5-7,10-12H2,1-4H3,(H2,18,20,21). The Kier molecular flexibility index (Phi) is 7.27. The van der Waals surface area contributed by atoms with Crippen LogP contribution in [-0.4, -0.2) is 39.6 Å². The molecule has 2 N–H and O–H groups in total. The summed E-state index contributed by atoms with van der Waals surface area (Å²) in [6.45, 7) is 8.40. The summed E-state index contributed by atoms with van der Waals surface area (Å²) in [5, 5.41) is 7.78. The van der Waals surface area contributed by atoms with E-state index in [0.717, 1.165) is 23.6 Å². The zero-order chi connectivity index (χ0) is 16.7. The maximum atomic E-state index is 4.46. The molecule has 0 aromatic carbocycles. The minimum atomic E-state index is 0.542. The highest BCUT2D eigenvalue weighted by Gasteiger charge is 2.25. The van der Waals surface area contributed by atoms with Crippen LogP contribution in [0.2, 0.25) is 0 Å². The number of nitrogens with zero attached hydrogens (tertiary/aromatic N) is 3. The highest BCUT2D eigenvalue weighted by molar-refractivity contribution is 7.99. The van der Waals surface area contributed by atoms with Crippen molar-refractivity contribution in [2.75, 3.05) is 12.8 Å². The minimum Gasteiger partial charge on any atom is -0.354 e. The third-order valence-corrected chi connectivity index (χ3v) is 5.36. The number of guanidine groups is 1. The van der Waals surface area contributed by atoms with Crippen LogP contribution in [0.25, 0.3) is 0 Å². The lowest BCUT2D eigenvalue weighted by atomic mass is 10.2. The fourth-order valence-electron chi connectivity index (χ4n) is 3.08. The largest absolute Gasteiger partial charge is 0.354 e. The van der Waals surface area contributed by atoms with Gasteiger partial charge in [0.2, 0.25) is 0 Å². The monoisotopic (exact) mass is 337 g/mol. The van der Waals surface area contributed by atoms with E-state index in [4.69, 9.17) is 0 Å². The Hall–Kier alpha value is -1.17. The van der Waals surface area contributed by atoms with Gasteiger partial charge >= 0.3 is 0 Å². The summed E-state index contributed by atoms with van der Waals surface area (Å²) in [4.78, 5) is 8.82. The number of nitrogens with one attached hydrogen (secondary N) is 2. The molecule has 5 nitrogen and oxygen atoms in total. The van der Waals surface area contributed by atoms with Gasteiger partial charge in [-0.25, -0.2) is 4.98 Å². The maximum absolute atomic E-state index is 4.46. The van der Waals surface area contributed by atoms with E-state index >= 15 is 0 Å². The summed E-state index contributed by atoms with van der Waals surface area (Å²) < 4.78 is 2.22. The van der Waals surface area contributed by atoms with Gasteiger partial charge in [-0.2, -0.15) is 11.8 Å². The number of aromatic nitrogens is 2. The molecule has 0 aliphatic heterocycles. The predicted octanol–water partition coefficient (Wildman–Crippen LogP) is 2.88. The second-order valence-corrected chi connectivity index (χ2v) is 8.12. The third kappa shape index (κ3) is 5.75. The van der Waals surface area contributed by atoms with Crippen molar-refractivity contribution in [3.05, 3.63) is 18.2 Å². The summed E-state index contributed by atoms with van der Waals surface area (Å²) in [7, 11) is 1.84. The van der Waals surface area contributed by atoms with Gasteiger partial charge in [-0.05, 0) is 30.9 Å². The van der Waals surface area contributed by atoms with Crippen molar-refractivity contribution in [1.29, 1.82) is 0 Å². The van der Waals surface area contributed by atoms with Crippen LogP contribution in [0, 0.1) is 5.92 Å². The molecule has 0 bridgehead atoms. The van der Waals surface area contributed by atoms with E-state index in [1.165, 1.54) is 25.0 Å². The molecule has 1 saturated carbocycles. The summed E-state index contributed by atoms with van der Waals surface area (Å²) >= 11 is 2.08. The summed E-state index contributed by atoms with van der Waals surface area (Å²) in [6.07, 6.45) is 7.71. The first kappa shape index (κ1) is 18.2. The van der Waals surface area contributed by atoms with Gasteiger partial charge in [-0.1, -0.05) is 20.8 Å². The minimum absolute atomic E-state index is 0.542. The van der Waals surface area contributed by atoms with Crippen molar-refractivity contribution in [3.63, 3.8) is 0 Å². The molecule has 0 amide bonds. The Labute approximate surface area is 144 Å². The SMILES string of the molecule is CCSC1CCC(NC(=NC)NCc2nccn2CC(C)C)C1. The molecule has 2 atom stereocenters. The molecule has 1 fully saturated rings. The normalized spacial score (nSPS) is 21.9. The average molecular weight is 338 g/mol. The molecular formula is C17H31N5S. The van der Waals surface area contributed by atoms with Gasteiger partial charge in [-0.3, -0.25) is 4.99 Å². The van der Waals surface area contributed by atoms with Crippen molar-refractivity contribution in [2.24, 2.45) is 10.9 Å². The molecular weight excluding hydrogens is 306 g/mol. The summed E-state index contributed by atoms with van der Waals surface area (Å²) in [6, 6.07) is 0.542. The third-order valence-electron chi connectivity index (χ3n) is 4.13. The van der Waals surface area contributed by atoms with Crippen molar-refractivity contribution >= 4 is 17.7 Å². The molecule has 23 heavy (non-hydrogen) atoms. The average Bonchev–Trinajstić information content (AvgIpc) is 3.13. The Morgan fingerprint density at radius 1 is 1.48 bits per heavy atom. The van der Waals surface area contributed by atoms with Gasteiger partial charge in [-0.15, -0.1) is 0 Å². The van der Waals surface area contributed by atoms with Gasteiger partial charge in [0.25, 0.3) is 0 Å². The van der Waals surface area contributed by atoms with Crippen LogP contribution in [0.3, 0.4) is 0 Å². The first-order valence-corrected chi connectivity index (χ1v) is 9.76. The first-order chi connectivity index (χ1) is 11.1. The number of thioether (sulfide) groups is 1. The zero-order valence-electron chi connectivity index (χ0n) is 14.9. The van der Waals surface area contributed by atoms with E-state index < -0.39 is 0 Å². The lowest BCUT2D eigenvalue weighted by molar-refractivity contribution is 0.503. The number of hydrogen-bond donors (Lipinski definition) is 2. The van der Waals surface area contributed by atoms with Crippen LogP contribution in [-0.2, 0) is 13.1 Å². The van der Waals surface area contributed by atoms with Gasteiger partial charge < -0.3 is 15.2 Å². The van der Waals surface area contributed by atoms with Crippen LogP contribution in [0.5, 0.6) is 0 Å². The van der Waals surface area contributed by atoms with Crippen molar-refractivity contribution in [2.45, 2.75) is 64.4 Å². The molecule has 130 valence electrons. The summed E-state index contributed by atoms with van der Waals surface area (Å²) in [5.74, 6) is 3.78. The van der Waals surface area contributed by atoms with Crippen LogP contribution in [0.4, 0.5) is 0 Å². The Bertz CT molecular complexity index is 497. The number of imidazole rings is 1. The zero-order valence-corrected chi connectivity index (χ0v) is 15.7.